The van der Waals surface area contributed by atoms with Gasteiger partial charge in [0, 0.05) is 6.42 Å². The van der Waals surface area contributed by atoms with E-state index in [-0.39, 0.29) is 1.43 Å². The van der Waals surface area contributed by atoms with E-state index in [2.05, 4.69) is 4.42 Å². The van der Waals surface area contributed by atoms with Crippen LogP contribution in [0.2, 0.25) is 0 Å². The first kappa shape index (κ1) is 8.77. The normalized spacial score (nSPS) is 7.20. The lowest BCUT2D eigenvalue weighted by atomic mass is 10.4. The maximum absolute atomic E-state index is 7.82. The summed E-state index contributed by atoms with van der Waals surface area (Å²) in [7, 11) is 0. The molecule has 0 atom stereocenters. The average molecular weight is 138 g/mol. The summed E-state index contributed by atoms with van der Waals surface area (Å²) < 4.78 is 4.58. The molecule has 1 rings (SSSR count). The molecule has 0 aliphatic heterocycles. The van der Waals surface area contributed by atoms with Gasteiger partial charge in [-0.2, -0.15) is 5.26 Å². The molecule has 0 N–H and O–H groups in total. The predicted molar refractivity (Wildman–Crippen MR) is 40.3 cm³/mol. The van der Waals surface area contributed by atoms with Crippen LogP contribution in [0.3, 0.4) is 0 Å². The molecular formula is C8H12NO+. The van der Waals surface area contributed by atoms with Crippen molar-refractivity contribution in [3.05, 3.63) is 24.7 Å². The summed E-state index contributed by atoms with van der Waals surface area (Å²) in [6.45, 7) is 1.99. The van der Waals surface area contributed by atoms with E-state index >= 15 is 0 Å². The summed E-state index contributed by atoms with van der Waals surface area (Å²) in [5.74, 6) is 0. The van der Waals surface area contributed by atoms with Crippen molar-refractivity contribution in [3.8, 4) is 6.07 Å². The molecule has 1 aromatic heterocycles. The van der Waals surface area contributed by atoms with E-state index in [0.717, 1.165) is 6.42 Å². The van der Waals surface area contributed by atoms with Gasteiger partial charge in [-0.25, -0.2) is 0 Å². The topological polar surface area (TPSA) is 36.9 Å². The summed E-state index contributed by atoms with van der Waals surface area (Å²) in [6, 6.07) is 5.68. The van der Waals surface area contributed by atoms with E-state index in [1.807, 2.05) is 25.1 Å². The Labute approximate surface area is 62.6 Å². The smallest absolute Gasteiger partial charge is 0.473 e. The van der Waals surface area contributed by atoms with Crippen LogP contribution in [0.15, 0.2) is 29.1 Å². The second-order valence-corrected chi connectivity index (χ2v) is 1.70. The molecular weight excluding hydrogens is 126 g/mol. The average Bonchev–Trinajstić information content (AvgIpc) is 2.44. The molecule has 0 saturated carbocycles. The Morgan fingerprint density at radius 1 is 1.50 bits per heavy atom. The van der Waals surface area contributed by atoms with Gasteiger partial charge in [0.15, 0.2) is 0 Å². The van der Waals surface area contributed by atoms with Gasteiger partial charge in [0.05, 0.1) is 18.6 Å². The maximum Gasteiger partial charge on any atom is 1.00 e. The zero-order valence-corrected chi connectivity index (χ0v) is 6.08. The highest BCUT2D eigenvalue weighted by atomic mass is 16.3. The van der Waals surface area contributed by atoms with Gasteiger partial charge < -0.3 is 4.42 Å². The van der Waals surface area contributed by atoms with Crippen LogP contribution >= 0.6 is 0 Å². The van der Waals surface area contributed by atoms with Crippen LogP contribution in [0, 0.1) is 11.3 Å². The first-order chi connectivity index (χ1) is 4.91. The summed E-state index contributed by atoms with van der Waals surface area (Å²) in [5, 5.41) is 7.82. The molecule has 0 amide bonds. The molecule has 0 radical (unpaired) electrons. The second-order valence-electron chi connectivity index (χ2n) is 1.70. The third-order valence-electron chi connectivity index (χ3n) is 0.787. The van der Waals surface area contributed by atoms with Gasteiger partial charge in [-0.3, -0.25) is 0 Å². The van der Waals surface area contributed by atoms with Gasteiger partial charge in [0.2, 0.25) is 0 Å². The Balaban J connectivity index is 0. The maximum atomic E-state index is 7.82. The van der Waals surface area contributed by atoms with E-state index < -0.39 is 0 Å². The highest BCUT2D eigenvalue weighted by Crippen LogP contribution is 1.79. The molecule has 0 unspecified atom stereocenters. The SMILES string of the molecule is CCCC#N.[H+].c1ccoc1. The lowest BCUT2D eigenvalue weighted by Crippen LogP contribution is -1.53. The van der Waals surface area contributed by atoms with E-state index in [1.165, 1.54) is 0 Å². The summed E-state index contributed by atoms with van der Waals surface area (Å²) in [5.41, 5.74) is 0. The fraction of sp³-hybridized carbons (Fsp3) is 0.375. The van der Waals surface area contributed by atoms with Crippen molar-refractivity contribution in [3.63, 3.8) is 0 Å². The molecule has 2 nitrogen and oxygen atoms in total. The van der Waals surface area contributed by atoms with Crippen molar-refractivity contribution in [2.75, 3.05) is 0 Å². The minimum absolute atomic E-state index is 0. The third-order valence-corrected chi connectivity index (χ3v) is 0.787. The summed E-state index contributed by atoms with van der Waals surface area (Å²) in [6.07, 6.45) is 4.93. The second kappa shape index (κ2) is 7.77. The predicted octanol–water partition coefficient (Wildman–Crippen LogP) is 2.70. The molecule has 54 valence electrons. The zero-order chi connectivity index (χ0) is 7.66. The number of hydrogen-bond donors (Lipinski definition) is 0. The minimum Gasteiger partial charge on any atom is -0.473 e. The van der Waals surface area contributed by atoms with E-state index in [0.29, 0.717) is 6.42 Å². The summed E-state index contributed by atoms with van der Waals surface area (Å²) >= 11 is 0. The quantitative estimate of drug-likeness (QED) is 0.598. The van der Waals surface area contributed by atoms with Crippen molar-refractivity contribution in [1.82, 2.24) is 0 Å². The van der Waals surface area contributed by atoms with Crippen molar-refractivity contribution in [2.45, 2.75) is 19.8 Å². The number of nitriles is 1. The Kier molecular flexibility index (Phi) is 6.81. The first-order valence-electron chi connectivity index (χ1n) is 3.26. The molecule has 1 aromatic rings. The number of furan rings is 1. The Bertz CT molecular complexity index is 149. The van der Waals surface area contributed by atoms with E-state index in [4.69, 9.17) is 5.26 Å². The first-order valence-corrected chi connectivity index (χ1v) is 3.26. The number of rotatable bonds is 1. The fourth-order valence-electron chi connectivity index (χ4n) is 0.339. The van der Waals surface area contributed by atoms with Gasteiger partial charge in [-0.05, 0) is 18.6 Å². The lowest BCUT2D eigenvalue weighted by Gasteiger charge is -1.65. The minimum atomic E-state index is 0. The molecule has 0 aromatic carbocycles. The molecule has 0 bridgehead atoms. The Hall–Kier alpha value is -1.23. The molecule has 1 heterocycles. The van der Waals surface area contributed by atoms with Crippen molar-refractivity contribution in [2.24, 2.45) is 0 Å². The number of hydrogen-bond acceptors (Lipinski definition) is 2. The van der Waals surface area contributed by atoms with Gasteiger partial charge in [-0.1, -0.05) is 6.92 Å². The zero-order valence-electron chi connectivity index (χ0n) is 7.08. The van der Waals surface area contributed by atoms with Gasteiger partial charge in [-0.15, -0.1) is 0 Å². The molecule has 0 aliphatic rings. The largest absolute Gasteiger partial charge is 1.00 e. The molecule has 0 fully saturated rings. The highest BCUT2D eigenvalue weighted by Gasteiger charge is 1.65. The Morgan fingerprint density at radius 3 is 2.20 bits per heavy atom. The van der Waals surface area contributed by atoms with Crippen LogP contribution in [0.25, 0.3) is 0 Å². The van der Waals surface area contributed by atoms with Crippen LogP contribution in [0.5, 0.6) is 0 Å². The molecule has 0 saturated heterocycles. The van der Waals surface area contributed by atoms with E-state index in [9.17, 15) is 0 Å². The monoisotopic (exact) mass is 138 g/mol. The van der Waals surface area contributed by atoms with Gasteiger partial charge in [0.1, 0.15) is 0 Å². The van der Waals surface area contributed by atoms with Crippen LogP contribution < -0.4 is 0 Å². The van der Waals surface area contributed by atoms with Crippen LogP contribution in [0.4, 0.5) is 0 Å². The van der Waals surface area contributed by atoms with Crippen LogP contribution in [-0.2, 0) is 0 Å². The van der Waals surface area contributed by atoms with E-state index in [1.54, 1.807) is 12.5 Å². The number of unbranched alkanes of at least 4 members (excludes halogenated alkanes) is 1. The molecule has 2 heteroatoms. The highest BCUT2D eigenvalue weighted by molar-refractivity contribution is 4.79. The Morgan fingerprint density at radius 2 is 2.10 bits per heavy atom. The van der Waals surface area contributed by atoms with Gasteiger partial charge in [0.25, 0.3) is 0 Å². The molecule has 0 spiro atoms. The van der Waals surface area contributed by atoms with Crippen LogP contribution in [-0.4, -0.2) is 0 Å². The van der Waals surface area contributed by atoms with Gasteiger partial charge >= 0.3 is 1.43 Å². The molecule has 10 heavy (non-hydrogen) atoms. The molecule has 0 aliphatic carbocycles. The fourth-order valence-corrected chi connectivity index (χ4v) is 0.339. The third kappa shape index (κ3) is 6.77. The van der Waals surface area contributed by atoms with Crippen LogP contribution in [0.1, 0.15) is 21.2 Å². The van der Waals surface area contributed by atoms with Crippen molar-refractivity contribution < 1.29 is 5.84 Å². The standard InChI is InChI=1S/C4H7N.C4H4O/c1-2-3-4-5;1-2-4-5-3-1/h2-3H2,1H3;1-4H/p+1. The lowest BCUT2D eigenvalue weighted by molar-refractivity contribution is 0.567. The van der Waals surface area contributed by atoms with Crippen molar-refractivity contribution in [1.29, 1.82) is 5.26 Å². The van der Waals surface area contributed by atoms with Crippen molar-refractivity contribution >= 4 is 0 Å². The number of nitrogens with zero attached hydrogens (tertiary/aromatic N) is 1. The summed E-state index contributed by atoms with van der Waals surface area (Å²) in [4.78, 5) is 0.